The molecule has 0 unspecified atom stereocenters. The largest absolute Gasteiger partial charge is 0.271 e. The molecule has 0 bridgehead atoms. The molecule has 0 aliphatic rings. The lowest BCUT2D eigenvalue weighted by Gasteiger charge is -1.90. The van der Waals surface area contributed by atoms with Gasteiger partial charge in [0, 0.05) is 12.1 Å². The van der Waals surface area contributed by atoms with Crippen LogP contribution in [0.3, 0.4) is 0 Å². The Bertz CT molecular complexity index is 553. The fourth-order valence-corrected chi connectivity index (χ4v) is 1.09. The average molecular weight is 189 g/mol. The van der Waals surface area contributed by atoms with Crippen LogP contribution in [0.15, 0.2) is 18.2 Å². The Hall–Kier alpha value is -2.49. The monoisotopic (exact) mass is 189 g/mol. The van der Waals surface area contributed by atoms with E-state index >= 15 is 0 Å². The number of hydrogen-bond donors (Lipinski definition) is 0. The highest BCUT2D eigenvalue weighted by Crippen LogP contribution is 2.17. The first-order valence-electron chi connectivity index (χ1n) is 3.62. The van der Waals surface area contributed by atoms with Crippen LogP contribution in [0.2, 0.25) is 0 Å². The molecule has 0 amide bonds. The second-order valence-electron chi connectivity index (χ2n) is 2.53. The number of nitriles is 1. The molecule has 0 fully saturated rings. The van der Waals surface area contributed by atoms with E-state index in [1.54, 1.807) is 6.19 Å². The summed E-state index contributed by atoms with van der Waals surface area (Å²) in [6, 6.07) is 4.03. The molecule has 0 aliphatic heterocycles. The van der Waals surface area contributed by atoms with Gasteiger partial charge in [0.25, 0.3) is 5.69 Å². The van der Waals surface area contributed by atoms with Gasteiger partial charge in [0.05, 0.1) is 4.92 Å². The van der Waals surface area contributed by atoms with Crippen LogP contribution in [0.4, 0.5) is 5.69 Å². The van der Waals surface area contributed by atoms with Gasteiger partial charge in [-0.05, 0) is 6.07 Å². The summed E-state index contributed by atoms with van der Waals surface area (Å²) in [6.07, 6.45) is 1.74. The van der Waals surface area contributed by atoms with Gasteiger partial charge in [-0.3, -0.25) is 10.1 Å². The van der Waals surface area contributed by atoms with Crippen LogP contribution in [0.1, 0.15) is 0 Å². The van der Waals surface area contributed by atoms with Crippen LogP contribution < -0.4 is 0 Å². The lowest BCUT2D eigenvalue weighted by atomic mass is 10.3. The van der Waals surface area contributed by atoms with Gasteiger partial charge >= 0.3 is 0 Å². The number of hydrogen-bond acceptors (Lipinski definition) is 5. The minimum absolute atomic E-state index is 0.0868. The standard InChI is InChI=1S/C7H3N5O2/c8-4-11-7-3-5(12(13)14)1-2-6(7)9-10-11/h1-3H. The highest BCUT2D eigenvalue weighted by atomic mass is 16.6. The molecule has 1 aromatic heterocycles. The molecule has 0 N–H and O–H groups in total. The second kappa shape index (κ2) is 2.77. The Balaban J connectivity index is 2.75. The number of nitrogens with zero attached hydrogens (tertiary/aromatic N) is 5. The minimum atomic E-state index is -0.534. The Morgan fingerprint density at radius 2 is 2.36 bits per heavy atom. The molecule has 1 heterocycles. The molecule has 0 aliphatic carbocycles. The Labute approximate surface area is 77.3 Å². The summed E-state index contributed by atoms with van der Waals surface area (Å²) >= 11 is 0. The fourth-order valence-electron chi connectivity index (χ4n) is 1.09. The van der Waals surface area contributed by atoms with Gasteiger partial charge in [-0.2, -0.15) is 5.26 Å². The van der Waals surface area contributed by atoms with Gasteiger partial charge in [0.1, 0.15) is 11.0 Å². The van der Waals surface area contributed by atoms with Gasteiger partial charge in [-0.25, -0.2) is 0 Å². The number of nitro groups is 1. The molecule has 0 saturated heterocycles. The number of aromatic nitrogens is 3. The van der Waals surface area contributed by atoms with E-state index in [4.69, 9.17) is 5.26 Å². The lowest BCUT2D eigenvalue weighted by Crippen LogP contribution is -1.91. The molecule has 0 saturated carbocycles. The van der Waals surface area contributed by atoms with Crippen molar-refractivity contribution in [3.8, 4) is 6.19 Å². The average Bonchev–Trinajstić information content (AvgIpc) is 2.59. The van der Waals surface area contributed by atoms with E-state index in [1.165, 1.54) is 18.2 Å². The van der Waals surface area contributed by atoms with E-state index in [0.717, 1.165) is 4.68 Å². The molecular weight excluding hydrogens is 186 g/mol. The van der Waals surface area contributed by atoms with Gasteiger partial charge in [0.15, 0.2) is 0 Å². The summed E-state index contributed by atoms with van der Waals surface area (Å²) < 4.78 is 0.933. The molecule has 68 valence electrons. The minimum Gasteiger partial charge on any atom is -0.258 e. The number of non-ortho nitro benzene ring substituents is 1. The van der Waals surface area contributed by atoms with Crippen LogP contribution in [-0.2, 0) is 0 Å². The maximum atomic E-state index is 10.4. The molecule has 2 rings (SSSR count). The third-order valence-electron chi connectivity index (χ3n) is 1.73. The van der Waals surface area contributed by atoms with E-state index in [9.17, 15) is 10.1 Å². The number of benzene rings is 1. The SMILES string of the molecule is N#Cn1nnc2ccc([N+](=O)[O-])cc21. The zero-order valence-corrected chi connectivity index (χ0v) is 6.78. The van der Waals surface area contributed by atoms with Crippen LogP contribution in [-0.4, -0.2) is 19.9 Å². The first-order valence-corrected chi connectivity index (χ1v) is 3.62. The highest BCUT2D eigenvalue weighted by Gasteiger charge is 2.10. The van der Waals surface area contributed by atoms with Crippen molar-refractivity contribution in [1.82, 2.24) is 15.0 Å². The molecule has 2 aromatic rings. The summed E-state index contributed by atoms with van der Waals surface area (Å²) in [4.78, 5) is 9.91. The first kappa shape index (κ1) is 8.12. The molecule has 14 heavy (non-hydrogen) atoms. The summed E-state index contributed by atoms with van der Waals surface area (Å²) in [5.74, 6) is 0. The third-order valence-corrected chi connectivity index (χ3v) is 1.73. The van der Waals surface area contributed by atoms with Crippen LogP contribution in [0.25, 0.3) is 11.0 Å². The summed E-state index contributed by atoms with van der Waals surface area (Å²) in [5, 5.41) is 26.2. The van der Waals surface area contributed by atoms with E-state index < -0.39 is 4.92 Å². The maximum Gasteiger partial charge on any atom is 0.271 e. The Morgan fingerprint density at radius 3 is 3.00 bits per heavy atom. The van der Waals surface area contributed by atoms with E-state index in [1.807, 2.05) is 0 Å². The summed E-state index contributed by atoms with van der Waals surface area (Å²) in [7, 11) is 0. The normalized spacial score (nSPS) is 9.93. The predicted octanol–water partition coefficient (Wildman–Crippen LogP) is 0.669. The predicted molar refractivity (Wildman–Crippen MR) is 45.2 cm³/mol. The van der Waals surface area contributed by atoms with Crippen molar-refractivity contribution >= 4 is 16.7 Å². The number of rotatable bonds is 1. The quantitative estimate of drug-likeness (QED) is 0.485. The van der Waals surface area contributed by atoms with Crippen LogP contribution in [0.5, 0.6) is 0 Å². The van der Waals surface area contributed by atoms with E-state index in [2.05, 4.69) is 10.3 Å². The van der Waals surface area contributed by atoms with Crippen LogP contribution in [0, 0.1) is 21.6 Å². The fraction of sp³-hybridized carbons (Fsp3) is 0. The summed E-state index contributed by atoms with van der Waals surface area (Å²) in [6.45, 7) is 0. The molecule has 0 radical (unpaired) electrons. The second-order valence-corrected chi connectivity index (χ2v) is 2.53. The van der Waals surface area contributed by atoms with Crippen molar-refractivity contribution in [1.29, 1.82) is 5.26 Å². The number of nitro benzene ring substituents is 1. The van der Waals surface area contributed by atoms with Gasteiger partial charge in [0.2, 0.25) is 6.19 Å². The van der Waals surface area contributed by atoms with E-state index in [-0.39, 0.29) is 5.69 Å². The number of fused-ring (bicyclic) bond motifs is 1. The Morgan fingerprint density at radius 1 is 1.57 bits per heavy atom. The highest BCUT2D eigenvalue weighted by molar-refractivity contribution is 5.77. The molecule has 7 nitrogen and oxygen atoms in total. The van der Waals surface area contributed by atoms with Crippen molar-refractivity contribution in [2.45, 2.75) is 0 Å². The van der Waals surface area contributed by atoms with Gasteiger partial charge in [-0.15, -0.1) is 9.78 Å². The van der Waals surface area contributed by atoms with Crippen molar-refractivity contribution in [3.05, 3.63) is 28.3 Å². The molecule has 7 heteroatoms. The zero-order valence-electron chi connectivity index (χ0n) is 6.78. The zero-order chi connectivity index (χ0) is 10.1. The molecule has 0 spiro atoms. The van der Waals surface area contributed by atoms with Gasteiger partial charge < -0.3 is 0 Å². The van der Waals surface area contributed by atoms with Crippen molar-refractivity contribution < 1.29 is 4.92 Å². The van der Waals surface area contributed by atoms with Gasteiger partial charge in [-0.1, -0.05) is 5.21 Å². The third kappa shape index (κ3) is 1.06. The van der Waals surface area contributed by atoms with Crippen molar-refractivity contribution in [2.75, 3.05) is 0 Å². The Kier molecular flexibility index (Phi) is 1.61. The van der Waals surface area contributed by atoms with Crippen molar-refractivity contribution in [2.24, 2.45) is 0 Å². The molecule has 1 aromatic carbocycles. The maximum absolute atomic E-state index is 10.4. The van der Waals surface area contributed by atoms with E-state index in [0.29, 0.717) is 11.0 Å². The van der Waals surface area contributed by atoms with Crippen molar-refractivity contribution in [3.63, 3.8) is 0 Å². The lowest BCUT2D eigenvalue weighted by molar-refractivity contribution is -0.384. The topological polar surface area (TPSA) is 97.6 Å². The smallest absolute Gasteiger partial charge is 0.258 e. The van der Waals surface area contributed by atoms with Crippen LogP contribution >= 0.6 is 0 Å². The summed E-state index contributed by atoms with van der Waals surface area (Å²) in [5.41, 5.74) is 0.704. The molecule has 0 atom stereocenters. The molecular formula is C7H3N5O2. The first-order chi connectivity index (χ1) is 6.72.